The van der Waals surface area contributed by atoms with Crippen LogP contribution in [0.15, 0.2) is 48.5 Å². The molecule has 3 nitrogen and oxygen atoms in total. The number of hydrogen-bond acceptors (Lipinski definition) is 3. The largest absolute Gasteiger partial charge is 0.493 e. The monoisotopic (exact) mass is 299 g/mol. The molecule has 22 heavy (non-hydrogen) atoms. The van der Waals surface area contributed by atoms with Gasteiger partial charge in [-0.2, -0.15) is 0 Å². The quantitative estimate of drug-likeness (QED) is 0.803. The van der Waals surface area contributed by atoms with Gasteiger partial charge in [0, 0.05) is 6.04 Å². The maximum absolute atomic E-state index is 6.11. The van der Waals surface area contributed by atoms with Gasteiger partial charge in [0.1, 0.15) is 6.61 Å². The second kappa shape index (κ2) is 8.44. The van der Waals surface area contributed by atoms with E-state index >= 15 is 0 Å². The molecule has 0 radical (unpaired) electrons. The van der Waals surface area contributed by atoms with E-state index in [1.807, 2.05) is 42.5 Å². The van der Waals surface area contributed by atoms with Gasteiger partial charge in [0.05, 0.1) is 7.11 Å². The first-order valence-electron chi connectivity index (χ1n) is 7.82. The Morgan fingerprint density at radius 2 is 1.77 bits per heavy atom. The SMILES string of the molecule is CCCC(N)Cc1ccc(OCc2ccccc2)c(OC)c1. The van der Waals surface area contributed by atoms with E-state index in [1.165, 1.54) is 5.56 Å². The molecule has 2 N–H and O–H groups in total. The number of hydrogen-bond donors (Lipinski definition) is 1. The van der Waals surface area contributed by atoms with Crippen LogP contribution in [-0.2, 0) is 13.0 Å². The molecule has 0 spiro atoms. The maximum atomic E-state index is 6.11. The zero-order chi connectivity index (χ0) is 15.8. The van der Waals surface area contributed by atoms with Gasteiger partial charge in [0.2, 0.25) is 0 Å². The molecule has 0 bridgehead atoms. The first kappa shape index (κ1) is 16.4. The van der Waals surface area contributed by atoms with Crippen LogP contribution in [0.25, 0.3) is 0 Å². The Hall–Kier alpha value is -2.00. The van der Waals surface area contributed by atoms with Crippen molar-refractivity contribution < 1.29 is 9.47 Å². The van der Waals surface area contributed by atoms with Crippen LogP contribution in [0.2, 0.25) is 0 Å². The summed E-state index contributed by atoms with van der Waals surface area (Å²) >= 11 is 0. The second-order valence-electron chi connectivity index (χ2n) is 5.51. The van der Waals surface area contributed by atoms with Gasteiger partial charge in [-0.15, -0.1) is 0 Å². The van der Waals surface area contributed by atoms with E-state index in [-0.39, 0.29) is 6.04 Å². The highest BCUT2D eigenvalue weighted by Gasteiger charge is 2.09. The lowest BCUT2D eigenvalue weighted by Crippen LogP contribution is -2.22. The molecule has 0 aliphatic heterocycles. The van der Waals surface area contributed by atoms with E-state index < -0.39 is 0 Å². The third-order valence-electron chi connectivity index (χ3n) is 3.62. The van der Waals surface area contributed by atoms with E-state index in [1.54, 1.807) is 7.11 Å². The molecule has 0 aromatic heterocycles. The summed E-state index contributed by atoms with van der Waals surface area (Å²) in [5, 5.41) is 0. The minimum Gasteiger partial charge on any atom is -0.493 e. The molecular formula is C19H25NO2. The summed E-state index contributed by atoms with van der Waals surface area (Å²) in [7, 11) is 1.67. The van der Waals surface area contributed by atoms with Crippen molar-refractivity contribution in [3.63, 3.8) is 0 Å². The summed E-state index contributed by atoms with van der Waals surface area (Å²) < 4.78 is 11.3. The van der Waals surface area contributed by atoms with Crippen LogP contribution >= 0.6 is 0 Å². The summed E-state index contributed by atoms with van der Waals surface area (Å²) in [5.74, 6) is 1.52. The van der Waals surface area contributed by atoms with E-state index in [2.05, 4.69) is 13.0 Å². The average Bonchev–Trinajstić information content (AvgIpc) is 2.54. The van der Waals surface area contributed by atoms with E-state index in [0.717, 1.165) is 36.3 Å². The van der Waals surface area contributed by atoms with Gasteiger partial charge < -0.3 is 15.2 Å². The Kier molecular flexibility index (Phi) is 6.28. The first-order valence-corrected chi connectivity index (χ1v) is 7.82. The predicted molar refractivity (Wildman–Crippen MR) is 90.4 cm³/mol. The van der Waals surface area contributed by atoms with Crippen LogP contribution in [0, 0.1) is 0 Å². The highest BCUT2D eigenvalue weighted by atomic mass is 16.5. The Morgan fingerprint density at radius 3 is 2.45 bits per heavy atom. The fourth-order valence-electron chi connectivity index (χ4n) is 2.47. The lowest BCUT2D eigenvalue weighted by Gasteiger charge is -2.14. The zero-order valence-corrected chi connectivity index (χ0v) is 13.4. The number of benzene rings is 2. The third kappa shape index (κ3) is 4.78. The number of nitrogens with two attached hydrogens (primary N) is 1. The van der Waals surface area contributed by atoms with Gasteiger partial charge in [-0.3, -0.25) is 0 Å². The van der Waals surface area contributed by atoms with Gasteiger partial charge in [-0.05, 0) is 36.1 Å². The zero-order valence-electron chi connectivity index (χ0n) is 13.4. The number of methoxy groups -OCH3 is 1. The molecule has 0 heterocycles. The molecule has 2 aromatic rings. The Labute approximate surface area is 133 Å². The highest BCUT2D eigenvalue weighted by molar-refractivity contribution is 5.43. The maximum Gasteiger partial charge on any atom is 0.161 e. The molecule has 3 heteroatoms. The lowest BCUT2D eigenvalue weighted by atomic mass is 10.0. The van der Waals surface area contributed by atoms with Crippen molar-refractivity contribution in [3.8, 4) is 11.5 Å². The van der Waals surface area contributed by atoms with E-state index in [0.29, 0.717) is 6.61 Å². The molecular weight excluding hydrogens is 274 g/mol. The van der Waals surface area contributed by atoms with Crippen molar-refractivity contribution in [2.45, 2.75) is 38.8 Å². The van der Waals surface area contributed by atoms with Gasteiger partial charge in [-0.1, -0.05) is 49.7 Å². The van der Waals surface area contributed by atoms with Crippen molar-refractivity contribution in [2.75, 3.05) is 7.11 Å². The fraction of sp³-hybridized carbons (Fsp3) is 0.368. The van der Waals surface area contributed by atoms with Crippen LogP contribution < -0.4 is 15.2 Å². The van der Waals surface area contributed by atoms with E-state index in [4.69, 9.17) is 15.2 Å². The summed E-state index contributed by atoms with van der Waals surface area (Å²) in [6.07, 6.45) is 3.01. The molecule has 0 fully saturated rings. The average molecular weight is 299 g/mol. The van der Waals surface area contributed by atoms with Gasteiger partial charge >= 0.3 is 0 Å². The summed E-state index contributed by atoms with van der Waals surface area (Å²) in [6, 6.07) is 16.4. The molecule has 2 rings (SSSR count). The summed E-state index contributed by atoms with van der Waals surface area (Å²) in [5.41, 5.74) is 8.43. The third-order valence-corrected chi connectivity index (χ3v) is 3.62. The van der Waals surface area contributed by atoms with Crippen molar-refractivity contribution in [2.24, 2.45) is 5.73 Å². The topological polar surface area (TPSA) is 44.5 Å². The first-order chi connectivity index (χ1) is 10.7. The summed E-state index contributed by atoms with van der Waals surface area (Å²) in [6.45, 7) is 2.69. The molecule has 118 valence electrons. The van der Waals surface area contributed by atoms with Crippen molar-refractivity contribution in [3.05, 3.63) is 59.7 Å². The minimum absolute atomic E-state index is 0.200. The molecule has 0 aliphatic carbocycles. The molecule has 1 atom stereocenters. The predicted octanol–water partition coefficient (Wildman–Crippen LogP) is 3.94. The Balaban J connectivity index is 2.02. The standard InChI is InChI=1S/C19H25NO2/c1-3-7-17(20)12-16-10-11-18(19(13-16)21-2)22-14-15-8-5-4-6-9-15/h4-6,8-11,13,17H,3,7,12,14,20H2,1-2H3. The molecule has 0 amide bonds. The Morgan fingerprint density at radius 1 is 1.00 bits per heavy atom. The molecule has 1 unspecified atom stereocenters. The molecule has 0 aliphatic rings. The molecule has 0 saturated carbocycles. The smallest absolute Gasteiger partial charge is 0.161 e. The fourth-order valence-corrected chi connectivity index (χ4v) is 2.47. The van der Waals surface area contributed by atoms with Gasteiger partial charge in [0.15, 0.2) is 11.5 Å². The van der Waals surface area contributed by atoms with Crippen LogP contribution in [0.1, 0.15) is 30.9 Å². The summed E-state index contributed by atoms with van der Waals surface area (Å²) in [4.78, 5) is 0. The van der Waals surface area contributed by atoms with Crippen molar-refractivity contribution >= 4 is 0 Å². The van der Waals surface area contributed by atoms with Crippen LogP contribution in [0.4, 0.5) is 0 Å². The number of rotatable bonds is 8. The van der Waals surface area contributed by atoms with E-state index in [9.17, 15) is 0 Å². The molecule has 0 saturated heterocycles. The van der Waals surface area contributed by atoms with Crippen molar-refractivity contribution in [1.82, 2.24) is 0 Å². The van der Waals surface area contributed by atoms with Gasteiger partial charge in [-0.25, -0.2) is 0 Å². The van der Waals surface area contributed by atoms with Crippen LogP contribution in [0.5, 0.6) is 11.5 Å². The normalized spacial score (nSPS) is 12.0. The second-order valence-corrected chi connectivity index (χ2v) is 5.51. The molecule has 2 aromatic carbocycles. The van der Waals surface area contributed by atoms with Crippen LogP contribution in [-0.4, -0.2) is 13.2 Å². The highest BCUT2D eigenvalue weighted by Crippen LogP contribution is 2.29. The number of ether oxygens (including phenoxy) is 2. The lowest BCUT2D eigenvalue weighted by molar-refractivity contribution is 0.284. The van der Waals surface area contributed by atoms with Crippen LogP contribution in [0.3, 0.4) is 0 Å². The Bertz CT molecular complexity index is 569. The minimum atomic E-state index is 0.200. The van der Waals surface area contributed by atoms with Crippen molar-refractivity contribution in [1.29, 1.82) is 0 Å². The van der Waals surface area contributed by atoms with Gasteiger partial charge in [0.25, 0.3) is 0 Å².